The number of imidazole rings is 1. The van der Waals surface area contributed by atoms with E-state index in [1.54, 1.807) is 25.3 Å². The first kappa shape index (κ1) is 26.9. The monoisotopic (exact) mass is 545 g/mol. The van der Waals surface area contributed by atoms with Crippen LogP contribution in [0.5, 0.6) is 0 Å². The summed E-state index contributed by atoms with van der Waals surface area (Å²) < 4.78 is 3.41. The van der Waals surface area contributed by atoms with Gasteiger partial charge in [0.15, 0.2) is 11.2 Å². The van der Waals surface area contributed by atoms with Crippen molar-refractivity contribution >= 4 is 46.9 Å². The Kier molecular flexibility index (Phi) is 7.04. The SMILES string of the molecule is C=NC(=N/C=C(\C)c1cccc(NC(=O)[C@H](C)n2cnc3c2c(=O)n(CC(C)=O)c(=O)n3C)n1)N1CC2CC2C1. The highest BCUT2D eigenvalue weighted by molar-refractivity contribution is 5.93. The number of anilines is 1. The largest absolute Gasteiger partial charge is 0.340 e. The fourth-order valence-electron chi connectivity index (χ4n) is 5.03. The number of nitrogens with zero attached hydrogens (tertiary/aromatic N) is 8. The standard InChI is InChI=1S/C27H31N9O4/c1-15(10-29-26(28-4)34-12-18-9-19(18)13-34)20-7-6-8-21(31-20)32-24(38)17(3)36-14-30-23-22(36)25(39)35(11-16(2)37)27(40)33(23)5/h6-8,10,14,17-19H,4,9,11-13H2,1-3,5H3,(H,31,32,38)/b15-10+,29-26?/t17-,18?,19?/m0/s1. The van der Waals surface area contributed by atoms with Crippen molar-refractivity contribution in [1.29, 1.82) is 0 Å². The Morgan fingerprint density at radius 2 is 1.95 bits per heavy atom. The molecule has 13 nitrogen and oxygen atoms in total. The number of fused-ring (bicyclic) bond motifs is 2. The van der Waals surface area contributed by atoms with E-state index < -0.39 is 23.2 Å². The van der Waals surface area contributed by atoms with Crippen LogP contribution >= 0.6 is 0 Å². The Bertz CT molecular complexity index is 1700. The second-order valence-electron chi connectivity index (χ2n) is 10.4. The van der Waals surface area contributed by atoms with Gasteiger partial charge in [0.1, 0.15) is 17.6 Å². The van der Waals surface area contributed by atoms with Crippen LogP contribution in [0, 0.1) is 11.8 Å². The Morgan fingerprint density at radius 1 is 1.23 bits per heavy atom. The van der Waals surface area contributed by atoms with Crippen molar-refractivity contribution in [3.05, 3.63) is 57.3 Å². The van der Waals surface area contributed by atoms with Gasteiger partial charge in [0.05, 0.1) is 18.6 Å². The predicted molar refractivity (Wildman–Crippen MR) is 151 cm³/mol. The van der Waals surface area contributed by atoms with E-state index in [4.69, 9.17) is 0 Å². The number of carbonyl (C=O) groups is 2. The first-order valence-corrected chi connectivity index (χ1v) is 13.0. The van der Waals surface area contributed by atoms with Gasteiger partial charge in [-0.05, 0) is 63.5 Å². The molecule has 5 rings (SSSR count). The van der Waals surface area contributed by atoms with Crippen molar-refractivity contribution in [3.8, 4) is 0 Å². The third-order valence-corrected chi connectivity index (χ3v) is 7.42. The number of guanidine groups is 1. The molecule has 2 fully saturated rings. The number of carbonyl (C=O) groups excluding carboxylic acids is 2. The number of aryl methyl sites for hydroxylation is 1. The number of hydrogen-bond acceptors (Lipinski definition) is 7. The van der Waals surface area contributed by atoms with Crippen LogP contribution < -0.4 is 16.6 Å². The summed E-state index contributed by atoms with van der Waals surface area (Å²) in [4.78, 5) is 70.0. The van der Waals surface area contributed by atoms with E-state index in [0.29, 0.717) is 17.5 Å². The van der Waals surface area contributed by atoms with Crippen LogP contribution in [-0.2, 0) is 23.2 Å². The minimum absolute atomic E-state index is 0.0475. The van der Waals surface area contributed by atoms with Gasteiger partial charge in [-0.1, -0.05) is 6.07 Å². The number of nitrogens with one attached hydrogen (secondary N) is 1. The quantitative estimate of drug-likeness (QED) is 0.349. The lowest BCUT2D eigenvalue weighted by molar-refractivity contribution is -0.119. The Labute approximate surface area is 229 Å². The van der Waals surface area contributed by atoms with Crippen molar-refractivity contribution in [2.24, 2.45) is 28.9 Å². The summed E-state index contributed by atoms with van der Waals surface area (Å²) in [5.74, 6) is 1.61. The molecule has 0 spiro atoms. The second kappa shape index (κ2) is 10.5. The fourth-order valence-corrected chi connectivity index (χ4v) is 5.03. The zero-order valence-corrected chi connectivity index (χ0v) is 22.9. The predicted octanol–water partition coefficient (Wildman–Crippen LogP) is 1.45. The molecule has 40 heavy (non-hydrogen) atoms. The Morgan fingerprint density at radius 3 is 2.62 bits per heavy atom. The molecule has 0 bridgehead atoms. The number of allylic oxidation sites excluding steroid dienone is 1. The maximum atomic E-state index is 13.2. The van der Waals surface area contributed by atoms with E-state index in [2.05, 4.69) is 36.9 Å². The zero-order chi connectivity index (χ0) is 28.7. The highest BCUT2D eigenvalue weighted by Gasteiger charge is 2.45. The average molecular weight is 546 g/mol. The van der Waals surface area contributed by atoms with Crippen molar-refractivity contribution < 1.29 is 9.59 Å². The summed E-state index contributed by atoms with van der Waals surface area (Å²) in [6, 6.07) is 4.37. The number of hydrogen-bond donors (Lipinski definition) is 1. The minimum atomic E-state index is -0.874. The van der Waals surface area contributed by atoms with Gasteiger partial charge in [-0.15, -0.1) is 0 Å². The zero-order valence-electron chi connectivity index (χ0n) is 22.9. The molecule has 1 N–H and O–H groups in total. The van der Waals surface area contributed by atoms with Crippen molar-refractivity contribution in [2.45, 2.75) is 39.8 Å². The summed E-state index contributed by atoms with van der Waals surface area (Å²) in [6.45, 7) is 9.97. The van der Waals surface area contributed by atoms with E-state index in [1.807, 2.05) is 13.0 Å². The molecule has 3 aromatic rings. The van der Waals surface area contributed by atoms with Crippen LogP contribution in [-0.4, -0.2) is 66.0 Å². The highest BCUT2D eigenvalue weighted by atomic mass is 16.2. The molecular formula is C27H31N9O4. The van der Waals surface area contributed by atoms with Gasteiger partial charge >= 0.3 is 5.69 Å². The van der Waals surface area contributed by atoms with Gasteiger partial charge in [-0.3, -0.25) is 23.5 Å². The van der Waals surface area contributed by atoms with Crippen LogP contribution in [0.1, 0.15) is 38.9 Å². The maximum absolute atomic E-state index is 13.2. The molecule has 1 amide bonds. The summed E-state index contributed by atoms with van der Waals surface area (Å²) in [5, 5.41) is 2.78. The number of ketones is 1. The number of aromatic nitrogens is 5. The molecule has 208 valence electrons. The maximum Gasteiger partial charge on any atom is 0.332 e. The lowest BCUT2D eigenvalue weighted by atomic mass is 10.2. The summed E-state index contributed by atoms with van der Waals surface area (Å²) in [6.07, 6.45) is 4.31. The number of rotatable bonds is 7. The number of aliphatic imine (C=N–C) groups is 2. The van der Waals surface area contributed by atoms with E-state index >= 15 is 0 Å². The first-order chi connectivity index (χ1) is 19.1. The number of amides is 1. The number of likely N-dealkylation sites (tertiary alicyclic amines) is 1. The van der Waals surface area contributed by atoms with Crippen molar-refractivity contribution in [2.75, 3.05) is 18.4 Å². The number of Topliss-reactive ketones (excluding diaryl/α,β-unsaturated/α-hetero) is 1. The number of pyridine rings is 1. The van der Waals surface area contributed by atoms with Gasteiger partial charge in [0, 0.05) is 26.3 Å². The molecule has 13 heteroatoms. The summed E-state index contributed by atoms with van der Waals surface area (Å²) in [7, 11) is 1.46. The molecule has 4 heterocycles. The van der Waals surface area contributed by atoms with Crippen LogP contribution in [0.25, 0.3) is 16.7 Å². The topological polar surface area (TPSA) is 149 Å². The van der Waals surface area contributed by atoms with Crippen LogP contribution in [0.4, 0.5) is 5.82 Å². The van der Waals surface area contributed by atoms with Crippen LogP contribution in [0.3, 0.4) is 0 Å². The first-order valence-electron chi connectivity index (χ1n) is 13.0. The fraction of sp³-hybridized carbons (Fsp3) is 0.407. The molecule has 1 saturated carbocycles. The van der Waals surface area contributed by atoms with Crippen molar-refractivity contribution in [3.63, 3.8) is 0 Å². The molecule has 3 atom stereocenters. The summed E-state index contributed by atoms with van der Waals surface area (Å²) >= 11 is 0. The average Bonchev–Trinajstić information content (AvgIpc) is 3.31. The van der Waals surface area contributed by atoms with Crippen LogP contribution in [0.2, 0.25) is 0 Å². The Hall–Kier alpha value is -4.68. The molecule has 1 aliphatic heterocycles. The van der Waals surface area contributed by atoms with Gasteiger partial charge < -0.3 is 14.8 Å². The summed E-state index contributed by atoms with van der Waals surface area (Å²) in [5.41, 5.74) is 0.226. The van der Waals surface area contributed by atoms with E-state index in [1.165, 1.54) is 35.9 Å². The lowest BCUT2D eigenvalue weighted by Gasteiger charge is -2.17. The normalized spacial score (nSPS) is 19.4. The third-order valence-electron chi connectivity index (χ3n) is 7.42. The van der Waals surface area contributed by atoms with Gasteiger partial charge in [-0.2, -0.15) is 0 Å². The van der Waals surface area contributed by atoms with E-state index in [0.717, 1.165) is 35.1 Å². The molecule has 1 aliphatic carbocycles. The van der Waals surface area contributed by atoms with E-state index in [-0.39, 0.29) is 23.5 Å². The van der Waals surface area contributed by atoms with E-state index in [9.17, 15) is 19.2 Å². The van der Waals surface area contributed by atoms with Crippen molar-refractivity contribution in [1.82, 2.24) is 28.6 Å². The molecular weight excluding hydrogens is 514 g/mol. The third kappa shape index (κ3) is 5.01. The molecule has 3 aromatic heterocycles. The Balaban J connectivity index is 1.36. The second-order valence-corrected chi connectivity index (χ2v) is 10.4. The lowest BCUT2D eigenvalue weighted by Crippen LogP contribution is -2.41. The van der Waals surface area contributed by atoms with Gasteiger partial charge in [0.2, 0.25) is 11.9 Å². The molecule has 0 radical (unpaired) electrons. The van der Waals surface area contributed by atoms with Gasteiger partial charge in [-0.25, -0.2) is 24.7 Å². The minimum Gasteiger partial charge on any atom is -0.340 e. The smallest absolute Gasteiger partial charge is 0.332 e. The molecule has 1 saturated heterocycles. The molecule has 2 aliphatic rings. The van der Waals surface area contributed by atoms with Crippen LogP contribution in [0.15, 0.2) is 50.3 Å². The molecule has 2 unspecified atom stereocenters. The highest BCUT2D eigenvalue weighted by Crippen LogP contribution is 2.45. The number of piperidine rings is 1. The van der Waals surface area contributed by atoms with Gasteiger partial charge in [0.25, 0.3) is 5.56 Å². The molecule has 0 aromatic carbocycles.